The highest BCUT2D eigenvalue weighted by Crippen LogP contribution is 2.23. The number of thiazole rings is 1. The Bertz CT molecular complexity index is 464. The zero-order valence-corrected chi connectivity index (χ0v) is 11.6. The molecule has 0 bridgehead atoms. The number of aromatic nitrogens is 1. The molecule has 0 atom stereocenters. The predicted molar refractivity (Wildman–Crippen MR) is 70.6 cm³/mol. The molecule has 2 rings (SSSR count). The van der Waals surface area contributed by atoms with Gasteiger partial charge in [0.2, 0.25) is 11.8 Å². The number of amides is 2. The molecule has 2 amide bonds. The van der Waals surface area contributed by atoms with Gasteiger partial charge in [0.25, 0.3) is 0 Å². The molecule has 0 aromatic carbocycles. The van der Waals surface area contributed by atoms with Gasteiger partial charge in [0, 0.05) is 25.4 Å². The third-order valence-electron chi connectivity index (χ3n) is 3.04. The van der Waals surface area contributed by atoms with E-state index in [0.29, 0.717) is 24.1 Å². The second kappa shape index (κ2) is 5.06. The number of nitrogens with one attached hydrogen (secondary N) is 1. The van der Waals surface area contributed by atoms with Crippen molar-refractivity contribution in [3.8, 4) is 0 Å². The molecule has 1 aliphatic heterocycles. The summed E-state index contributed by atoms with van der Waals surface area (Å²) in [5, 5.41) is 5.41. The number of likely N-dealkylation sites (tertiary alicyclic amines) is 1. The molecule has 1 saturated heterocycles. The van der Waals surface area contributed by atoms with Crippen LogP contribution in [0.15, 0.2) is 5.38 Å². The van der Waals surface area contributed by atoms with Gasteiger partial charge in [-0.2, -0.15) is 0 Å². The summed E-state index contributed by atoms with van der Waals surface area (Å²) in [6, 6.07) is 0. The summed E-state index contributed by atoms with van der Waals surface area (Å²) in [5.41, 5.74) is 0.995. The molecule has 18 heavy (non-hydrogen) atoms. The van der Waals surface area contributed by atoms with Gasteiger partial charge in [-0.3, -0.25) is 9.59 Å². The third-order valence-corrected chi connectivity index (χ3v) is 3.82. The minimum Gasteiger partial charge on any atom is -0.341 e. The van der Waals surface area contributed by atoms with Crippen LogP contribution in [0, 0.1) is 5.92 Å². The van der Waals surface area contributed by atoms with Crippen LogP contribution < -0.4 is 5.32 Å². The Balaban J connectivity index is 1.86. The number of carbonyl (C=O) groups is 2. The maximum absolute atomic E-state index is 11.9. The van der Waals surface area contributed by atoms with Crippen LogP contribution in [0.2, 0.25) is 0 Å². The molecule has 5 nitrogen and oxygen atoms in total. The summed E-state index contributed by atoms with van der Waals surface area (Å²) in [6.45, 7) is 6.69. The normalized spacial score (nSPS) is 15.7. The Morgan fingerprint density at radius 1 is 1.50 bits per heavy atom. The van der Waals surface area contributed by atoms with Crippen LogP contribution in [0.5, 0.6) is 0 Å². The van der Waals surface area contributed by atoms with Gasteiger partial charge >= 0.3 is 0 Å². The molecule has 6 heteroatoms. The molecule has 0 aliphatic carbocycles. The van der Waals surface area contributed by atoms with Crippen molar-refractivity contribution in [2.75, 3.05) is 18.4 Å². The van der Waals surface area contributed by atoms with E-state index in [0.717, 1.165) is 5.69 Å². The van der Waals surface area contributed by atoms with Crippen LogP contribution in [0.3, 0.4) is 0 Å². The molecule has 1 aliphatic rings. The molecular weight excluding hydrogens is 250 g/mol. The first-order chi connectivity index (χ1) is 8.47. The van der Waals surface area contributed by atoms with Crippen molar-refractivity contribution in [3.05, 3.63) is 11.1 Å². The summed E-state index contributed by atoms with van der Waals surface area (Å²) in [5.74, 6) is 0.247. The Labute approximate surface area is 110 Å². The lowest BCUT2D eigenvalue weighted by Gasteiger charge is -2.37. The number of rotatable bonds is 3. The number of hydrogen-bond acceptors (Lipinski definition) is 4. The van der Waals surface area contributed by atoms with Gasteiger partial charge in [-0.15, -0.1) is 11.3 Å². The smallest absolute Gasteiger partial charge is 0.232 e. The van der Waals surface area contributed by atoms with Crippen molar-refractivity contribution in [2.24, 2.45) is 5.92 Å². The maximum Gasteiger partial charge on any atom is 0.232 e. The average molecular weight is 267 g/mol. The Morgan fingerprint density at radius 2 is 2.17 bits per heavy atom. The fourth-order valence-electron chi connectivity index (χ4n) is 1.72. The zero-order valence-electron chi connectivity index (χ0n) is 10.8. The maximum atomic E-state index is 11.9. The van der Waals surface area contributed by atoms with E-state index in [2.05, 4.69) is 24.1 Å². The van der Waals surface area contributed by atoms with Gasteiger partial charge in [0.15, 0.2) is 5.13 Å². The monoisotopic (exact) mass is 267 g/mol. The quantitative estimate of drug-likeness (QED) is 0.906. The highest BCUT2D eigenvalue weighted by molar-refractivity contribution is 7.13. The molecule has 0 radical (unpaired) electrons. The molecule has 0 spiro atoms. The number of hydrogen-bond donors (Lipinski definition) is 1. The minimum absolute atomic E-state index is 0.0235. The van der Waals surface area contributed by atoms with Gasteiger partial charge < -0.3 is 10.2 Å². The molecular formula is C12H17N3O2S. The van der Waals surface area contributed by atoms with Crippen molar-refractivity contribution in [2.45, 2.75) is 26.7 Å². The molecule has 0 saturated carbocycles. The second-order valence-corrected chi connectivity index (χ2v) is 5.70. The third kappa shape index (κ3) is 2.69. The van der Waals surface area contributed by atoms with Crippen LogP contribution in [-0.4, -0.2) is 34.8 Å². The summed E-state index contributed by atoms with van der Waals surface area (Å²) in [6.07, 6.45) is 0. The van der Waals surface area contributed by atoms with Crippen LogP contribution in [-0.2, 0) is 9.59 Å². The van der Waals surface area contributed by atoms with Crippen molar-refractivity contribution >= 4 is 28.3 Å². The lowest BCUT2D eigenvalue weighted by molar-refractivity contribution is -0.139. The first-order valence-corrected chi connectivity index (χ1v) is 6.87. The van der Waals surface area contributed by atoms with Crippen molar-refractivity contribution in [1.82, 2.24) is 9.88 Å². The van der Waals surface area contributed by atoms with Crippen molar-refractivity contribution in [1.29, 1.82) is 0 Å². The van der Waals surface area contributed by atoms with Crippen LogP contribution >= 0.6 is 11.3 Å². The lowest BCUT2D eigenvalue weighted by Crippen LogP contribution is -2.53. The topological polar surface area (TPSA) is 62.3 Å². The molecule has 98 valence electrons. The fraction of sp³-hybridized carbons (Fsp3) is 0.583. The van der Waals surface area contributed by atoms with E-state index >= 15 is 0 Å². The number of nitrogens with zero attached hydrogens (tertiary/aromatic N) is 2. The van der Waals surface area contributed by atoms with Crippen LogP contribution in [0.25, 0.3) is 0 Å². The molecule has 1 fully saturated rings. The largest absolute Gasteiger partial charge is 0.341 e. The van der Waals surface area contributed by atoms with Crippen molar-refractivity contribution in [3.63, 3.8) is 0 Å². The van der Waals surface area contributed by atoms with Crippen LogP contribution in [0.1, 0.15) is 32.4 Å². The first kappa shape index (κ1) is 13.0. The summed E-state index contributed by atoms with van der Waals surface area (Å²) >= 11 is 1.44. The molecule has 1 aromatic rings. The fourth-order valence-corrected chi connectivity index (χ4v) is 2.59. The van der Waals surface area contributed by atoms with E-state index in [1.165, 1.54) is 18.3 Å². The predicted octanol–water partition coefficient (Wildman–Crippen LogP) is 1.68. The Morgan fingerprint density at radius 3 is 2.67 bits per heavy atom. The standard InChI is InChI=1S/C12H17N3O2S/c1-7(2)10-6-18-12(13-10)14-11(17)9-4-15(5-9)8(3)16/h6-7,9H,4-5H2,1-3H3,(H,13,14,17). The SMILES string of the molecule is CC(=O)N1CC(C(=O)Nc2nc(C(C)C)cs2)C1. The van der Waals surface area contributed by atoms with Gasteiger partial charge in [-0.1, -0.05) is 13.8 Å². The second-order valence-electron chi connectivity index (χ2n) is 4.84. The highest BCUT2D eigenvalue weighted by Gasteiger charge is 2.34. The van der Waals surface area contributed by atoms with Gasteiger partial charge in [-0.25, -0.2) is 4.98 Å². The van der Waals surface area contributed by atoms with Crippen molar-refractivity contribution < 1.29 is 9.59 Å². The van der Waals surface area contributed by atoms with E-state index in [1.54, 1.807) is 4.90 Å². The first-order valence-electron chi connectivity index (χ1n) is 5.99. The molecule has 0 unspecified atom stereocenters. The van der Waals surface area contributed by atoms with E-state index in [-0.39, 0.29) is 17.7 Å². The highest BCUT2D eigenvalue weighted by atomic mass is 32.1. The van der Waals surface area contributed by atoms with Gasteiger partial charge in [0.1, 0.15) is 0 Å². The van der Waals surface area contributed by atoms with E-state index in [4.69, 9.17) is 0 Å². The zero-order chi connectivity index (χ0) is 13.3. The molecule has 2 heterocycles. The summed E-state index contributed by atoms with van der Waals surface area (Å²) in [4.78, 5) is 28.9. The Hall–Kier alpha value is -1.43. The number of anilines is 1. The number of carbonyl (C=O) groups excluding carboxylic acids is 2. The van der Waals surface area contributed by atoms with Gasteiger partial charge in [0.05, 0.1) is 11.6 Å². The Kier molecular flexibility index (Phi) is 3.65. The van der Waals surface area contributed by atoms with Gasteiger partial charge in [-0.05, 0) is 5.92 Å². The van der Waals surface area contributed by atoms with Crippen LogP contribution in [0.4, 0.5) is 5.13 Å². The minimum atomic E-state index is -0.0969. The van der Waals surface area contributed by atoms with E-state index in [9.17, 15) is 9.59 Å². The van der Waals surface area contributed by atoms with E-state index < -0.39 is 0 Å². The molecule has 1 N–H and O–H groups in total. The summed E-state index contributed by atoms with van der Waals surface area (Å²) < 4.78 is 0. The molecule has 1 aromatic heterocycles. The average Bonchev–Trinajstić information content (AvgIpc) is 2.62. The lowest BCUT2D eigenvalue weighted by atomic mass is 9.99. The van der Waals surface area contributed by atoms with E-state index in [1.807, 2.05) is 5.38 Å². The summed E-state index contributed by atoms with van der Waals surface area (Å²) in [7, 11) is 0.